The molecule has 0 spiro atoms. The average molecular weight is 297 g/mol. The molecule has 0 aliphatic heterocycles. The van der Waals surface area contributed by atoms with Gasteiger partial charge in [-0.25, -0.2) is 14.2 Å². The maximum absolute atomic E-state index is 13.4. The molecule has 0 unspecified atom stereocenters. The number of halogens is 1. The minimum absolute atomic E-state index is 0.242. The normalized spacial score (nSPS) is 10.5. The maximum atomic E-state index is 13.4. The van der Waals surface area contributed by atoms with Crippen molar-refractivity contribution in [2.75, 3.05) is 7.11 Å². The van der Waals surface area contributed by atoms with Gasteiger partial charge in [0, 0.05) is 9.77 Å². The minimum atomic E-state index is -0.434. The molecule has 2 rings (SSSR count). The second-order valence-electron chi connectivity index (χ2n) is 3.72. The zero-order valence-corrected chi connectivity index (χ0v) is 12.1. The molecular formula is C13H12FNO2S2. The number of methoxy groups -OCH3 is 1. The fourth-order valence-corrected chi connectivity index (χ4v) is 3.35. The van der Waals surface area contributed by atoms with Gasteiger partial charge in [0.05, 0.1) is 12.9 Å². The topological polar surface area (TPSA) is 39.2 Å². The molecule has 0 bridgehead atoms. The number of thioether (sulfide) groups is 1. The van der Waals surface area contributed by atoms with Crippen LogP contribution in [0, 0.1) is 12.7 Å². The Morgan fingerprint density at radius 3 is 2.89 bits per heavy atom. The van der Waals surface area contributed by atoms with Crippen molar-refractivity contribution in [3.05, 3.63) is 45.7 Å². The van der Waals surface area contributed by atoms with Gasteiger partial charge in [-0.05, 0) is 19.1 Å². The van der Waals surface area contributed by atoms with Crippen LogP contribution in [-0.2, 0) is 10.5 Å². The summed E-state index contributed by atoms with van der Waals surface area (Å²) in [5.41, 5.74) is 0.344. The second-order valence-corrected chi connectivity index (χ2v) is 6.03. The molecule has 0 fully saturated rings. The summed E-state index contributed by atoms with van der Waals surface area (Å²) in [5.74, 6) is -0.145. The van der Waals surface area contributed by atoms with Crippen molar-refractivity contribution in [3.63, 3.8) is 0 Å². The zero-order chi connectivity index (χ0) is 13.8. The number of benzene rings is 1. The van der Waals surface area contributed by atoms with E-state index in [0.717, 1.165) is 9.88 Å². The first-order valence-electron chi connectivity index (χ1n) is 5.53. The van der Waals surface area contributed by atoms with Crippen LogP contribution in [0.2, 0.25) is 0 Å². The van der Waals surface area contributed by atoms with E-state index in [2.05, 4.69) is 9.72 Å². The van der Waals surface area contributed by atoms with Crippen LogP contribution in [-0.4, -0.2) is 18.1 Å². The molecule has 1 aromatic carbocycles. The van der Waals surface area contributed by atoms with Gasteiger partial charge < -0.3 is 4.74 Å². The summed E-state index contributed by atoms with van der Waals surface area (Å²) in [4.78, 5) is 17.1. The highest BCUT2D eigenvalue weighted by Gasteiger charge is 2.16. The van der Waals surface area contributed by atoms with Crippen molar-refractivity contribution in [3.8, 4) is 0 Å². The summed E-state index contributed by atoms with van der Waals surface area (Å²) < 4.78 is 18.1. The van der Waals surface area contributed by atoms with Gasteiger partial charge in [0.2, 0.25) is 0 Å². The van der Waals surface area contributed by atoms with Crippen molar-refractivity contribution in [1.82, 2.24) is 4.98 Å². The van der Waals surface area contributed by atoms with E-state index in [1.165, 1.54) is 36.3 Å². The number of aryl methyl sites for hydroxylation is 1. The van der Waals surface area contributed by atoms with E-state index in [1.54, 1.807) is 18.2 Å². The molecule has 19 heavy (non-hydrogen) atoms. The number of ether oxygens (including phenoxy) is 1. The number of rotatable bonds is 4. The Morgan fingerprint density at radius 2 is 2.21 bits per heavy atom. The predicted octanol–water partition coefficient (Wildman–Crippen LogP) is 3.67. The summed E-state index contributed by atoms with van der Waals surface area (Å²) in [7, 11) is 1.33. The highest BCUT2D eigenvalue weighted by atomic mass is 32.2. The summed E-state index contributed by atoms with van der Waals surface area (Å²) in [5, 5.41) is 0.783. The Bertz CT molecular complexity index is 598. The Hall–Kier alpha value is -1.40. The lowest BCUT2D eigenvalue weighted by molar-refractivity contribution is 0.0594. The van der Waals surface area contributed by atoms with E-state index in [0.29, 0.717) is 16.3 Å². The van der Waals surface area contributed by atoms with Crippen LogP contribution in [0.1, 0.15) is 20.4 Å². The monoisotopic (exact) mass is 297 g/mol. The summed E-state index contributed by atoms with van der Waals surface area (Å²) >= 11 is 2.79. The van der Waals surface area contributed by atoms with Gasteiger partial charge in [-0.2, -0.15) is 0 Å². The van der Waals surface area contributed by atoms with Gasteiger partial charge in [0.25, 0.3) is 0 Å². The standard InChI is InChI=1S/C13H12FNO2S2/c1-8-12(13(16)17-2)15-11(19-8)7-18-10-6-4-3-5-9(10)14/h3-6H,7H2,1-2H3. The molecular weight excluding hydrogens is 285 g/mol. The Kier molecular flexibility index (Phi) is 4.55. The van der Waals surface area contributed by atoms with Gasteiger partial charge in [0.1, 0.15) is 10.8 Å². The van der Waals surface area contributed by atoms with Crippen LogP contribution in [0.5, 0.6) is 0 Å². The molecule has 0 aliphatic carbocycles. The molecule has 2 aromatic rings. The van der Waals surface area contributed by atoms with Crippen molar-refractivity contribution in [2.24, 2.45) is 0 Å². The first kappa shape index (κ1) is 14.0. The van der Waals surface area contributed by atoms with Crippen LogP contribution in [0.4, 0.5) is 4.39 Å². The average Bonchev–Trinajstić information content (AvgIpc) is 2.78. The van der Waals surface area contributed by atoms with E-state index >= 15 is 0 Å². The molecule has 0 amide bonds. The molecule has 0 radical (unpaired) electrons. The highest BCUT2D eigenvalue weighted by Crippen LogP contribution is 2.28. The lowest BCUT2D eigenvalue weighted by Crippen LogP contribution is -2.03. The van der Waals surface area contributed by atoms with Crippen molar-refractivity contribution in [1.29, 1.82) is 0 Å². The highest BCUT2D eigenvalue weighted by molar-refractivity contribution is 7.98. The fourth-order valence-electron chi connectivity index (χ4n) is 1.50. The molecule has 0 aliphatic rings. The molecule has 6 heteroatoms. The Balaban J connectivity index is 2.09. The third-order valence-corrected chi connectivity index (χ3v) is 4.62. The first-order chi connectivity index (χ1) is 9.11. The van der Waals surface area contributed by atoms with Crippen molar-refractivity contribution >= 4 is 29.1 Å². The molecule has 1 heterocycles. The SMILES string of the molecule is COC(=O)c1nc(CSc2ccccc2F)sc1C. The number of esters is 1. The molecule has 3 nitrogen and oxygen atoms in total. The second kappa shape index (κ2) is 6.16. The fraction of sp³-hybridized carbons (Fsp3) is 0.231. The van der Waals surface area contributed by atoms with Crippen LogP contribution in [0.3, 0.4) is 0 Å². The summed E-state index contributed by atoms with van der Waals surface area (Å²) in [6.45, 7) is 1.82. The molecule has 0 atom stereocenters. The van der Waals surface area contributed by atoms with E-state index in [4.69, 9.17) is 0 Å². The summed E-state index contributed by atoms with van der Waals surface area (Å²) in [6.07, 6.45) is 0. The maximum Gasteiger partial charge on any atom is 0.357 e. The number of hydrogen-bond acceptors (Lipinski definition) is 5. The molecule has 100 valence electrons. The van der Waals surface area contributed by atoms with Gasteiger partial charge in [-0.1, -0.05) is 12.1 Å². The number of carbonyl (C=O) groups is 1. The molecule has 1 aromatic heterocycles. The lowest BCUT2D eigenvalue weighted by atomic mass is 10.3. The number of hydrogen-bond donors (Lipinski definition) is 0. The van der Waals surface area contributed by atoms with E-state index in [9.17, 15) is 9.18 Å². The van der Waals surface area contributed by atoms with Gasteiger partial charge in [0.15, 0.2) is 5.69 Å². The smallest absolute Gasteiger partial charge is 0.357 e. The first-order valence-corrected chi connectivity index (χ1v) is 7.34. The third-order valence-electron chi connectivity index (χ3n) is 2.41. The van der Waals surface area contributed by atoms with Crippen LogP contribution >= 0.6 is 23.1 Å². The number of aromatic nitrogens is 1. The molecule has 0 saturated heterocycles. The number of nitrogens with zero attached hydrogens (tertiary/aromatic N) is 1. The number of thiazole rings is 1. The van der Waals surface area contributed by atoms with Gasteiger partial charge in [-0.3, -0.25) is 0 Å². The van der Waals surface area contributed by atoms with Crippen molar-refractivity contribution < 1.29 is 13.9 Å². The third kappa shape index (κ3) is 3.33. The largest absolute Gasteiger partial charge is 0.464 e. The van der Waals surface area contributed by atoms with E-state index in [-0.39, 0.29) is 5.82 Å². The lowest BCUT2D eigenvalue weighted by Gasteiger charge is -2.00. The predicted molar refractivity (Wildman–Crippen MR) is 74.2 cm³/mol. The van der Waals surface area contributed by atoms with Crippen LogP contribution < -0.4 is 0 Å². The molecule has 0 N–H and O–H groups in total. The van der Waals surface area contributed by atoms with Gasteiger partial charge >= 0.3 is 5.97 Å². The molecule has 0 saturated carbocycles. The van der Waals surface area contributed by atoms with Crippen LogP contribution in [0.15, 0.2) is 29.2 Å². The Morgan fingerprint density at radius 1 is 1.47 bits per heavy atom. The van der Waals surface area contributed by atoms with Gasteiger partial charge in [-0.15, -0.1) is 23.1 Å². The van der Waals surface area contributed by atoms with E-state index in [1.807, 2.05) is 6.92 Å². The minimum Gasteiger partial charge on any atom is -0.464 e. The summed E-state index contributed by atoms with van der Waals surface area (Å²) in [6, 6.07) is 6.59. The quantitative estimate of drug-likeness (QED) is 0.637. The zero-order valence-electron chi connectivity index (χ0n) is 10.5. The Labute approximate surface area is 118 Å². The van der Waals surface area contributed by atoms with Crippen molar-refractivity contribution in [2.45, 2.75) is 17.6 Å². The van der Waals surface area contributed by atoms with Crippen LogP contribution in [0.25, 0.3) is 0 Å². The number of carbonyl (C=O) groups excluding carboxylic acids is 1. The van der Waals surface area contributed by atoms with E-state index < -0.39 is 5.97 Å².